The van der Waals surface area contributed by atoms with E-state index in [1.54, 1.807) is 0 Å². The number of piperazine rings is 1. The zero-order valence-corrected chi connectivity index (χ0v) is 14.9. The summed E-state index contributed by atoms with van der Waals surface area (Å²) in [6, 6.07) is 4.43. The van der Waals surface area contributed by atoms with Crippen molar-refractivity contribution < 1.29 is 22.0 Å². The smallest absolute Gasteiger partial charge is 0.246 e. The average Bonchev–Trinajstić information content (AvgIpc) is 3.13. The molecule has 140 valence electrons. The third kappa shape index (κ3) is 3.19. The summed E-state index contributed by atoms with van der Waals surface area (Å²) in [6.07, 6.45) is 2.70. The zero-order chi connectivity index (χ0) is 18.9. The van der Waals surface area contributed by atoms with Crippen molar-refractivity contribution in [1.82, 2.24) is 9.21 Å². The Morgan fingerprint density at radius 3 is 2.31 bits per heavy atom. The van der Waals surface area contributed by atoms with E-state index in [9.17, 15) is 27.3 Å². The maximum atomic E-state index is 13.9. The molecule has 1 saturated heterocycles. The number of amides is 1. The monoisotopic (exact) mass is 383 g/mol. The Kier molecular flexibility index (Phi) is 4.99. The molecule has 26 heavy (non-hydrogen) atoms. The van der Waals surface area contributed by atoms with Crippen LogP contribution in [0.5, 0.6) is 0 Å². The van der Waals surface area contributed by atoms with Gasteiger partial charge in [-0.15, -0.1) is 0 Å². The van der Waals surface area contributed by atoms with Crippen LogP contribution in [-0.4, -0.2) is 49.7 Å². The normalized spacial score (nSPS) is 20.7. The second-order valence-electron chi connectivity index (χ2n) is 6.67. The van der Waals surface area contributed by atoms with Crippen LogP contribution in [0.25, 0.3) is 0 Å². The number of rotatable bonds is 3. The lowest BCUT2D eigenvalue weighted by Crippen LogP contribution is -2.53. The van der Waals surface area contributed by atoms with Crippen molar-refractivity contribution in [2.75, 3.05) is 26.2 Å². The minimum absolute atomic E-state index is 0.0223. The van der Waals surface area contributed by atoms with Crippen LogP contribution in [0.2, 0.25) is 0 Å². The van der Waals surface area contributed by atoms with Crippen LogP contribution in [0.1, 0.15) is 25.7 Å². The molecule has 1 aliphatic heterocycles. The van der Waals surface area contributed by atoms with E-state index in [1.165, 1.54) is 4.90 Å². The number of hydrogen-bond acceptors (Lipinski definition) is 4. The fraction of sp³-hybridized carbons (Fsp3) is 0.529. The van der Waals surface area contributed by atoms with Crippen molar-refractivity contribution in [2.45, 2.75) is 30.6 Å². The van der Waals surface area contributed by atoms with Gasteiger partial charge >= 0.3 is 0 Å². The number of nitrogens with zero attached hydrogens (tertiary/aromatic N) is 3. The standard InChI is InChI=1S/C17H19F2N3O3S/c18-13-3-4-14(19)15(11-13)26(24,25)22-9-7-21(8-10-22)16(23)17(12-20)5-1-2-6-17/h3-4,11H,1-2,5-10H2. The van der Waals surface area contributed by atoms with Gasteiger partial charge in [-0.3, -0.25) is 4.79 Å². The summed E-state index contributed by atoms with van der Waals surface area (Å²) in [7, 11) is -4.19. The van der Waals surface area contributed by atoms with Gasteiger partial charge in [0.2, 0.25) is 15.9 Å². The van der Waals surface area contributed by atoms with Crippen LogP contribution in [0, 0.1) is 28.4 Å². The first-order valence-corrected chi connectivity index (χ1v) is 9.90. The highest BCUT2D eigenvalue weighted by Gasteiger charge is 2.45. The minimum Gasteiger partial charge on any atom is -0.339 e. The van der Waals surface area contributed by atoms with E-state index < -0.39 is 32.0 Å². The van der Waals surface area contributed by atoms with Gasteiger partial charge < -0.3 is 4.90 Å². The Morgan fingerprint density at radius 2 is 1.73 bits per heavy atom. The number of halogens is 2. The van der Waals surface area contributed by atoms with Crippen LogP contribution >= 0.6 is 0 Å². The molecular weight excluding hydrogens is 364 g/mol. The molecule has 0 aromatic heterocycles. The average molecular weight is 383 g/mol. The summed E-state index contributed by atoms with van der Waals surface area (Å²) in [4.78, 5) is 13.5. The second-order valence-corrected chi connectivity index (χ2v) is 8.58. The lowest BCUT2D eigenvalue weighted by atomic mass is 9.86. The van der Waals surface area contributed by atoms with Gasteiger partial charge in [0.05, 0.1) is 6.07 Å². The van der Waals surface area contributed by atoms with Gasteiger partial charge in [-0.1, -0.05) is 12.8 Å². The van der Waals surface area contributed by atoms with E-state index in [1.807, 2.05) is 0 Å². The maximum Gasteiger partial charge on any atom is 0.246 e. The Bertz CT molecular complexity index is 852. The maximum absolute atomic E-state index is 13.9. The topological polar surface area (TPSA) is 81.5 Å². The van der Waals surface area contributed by atoms with Gasteiger partial charge in [0.15, 0.2) is 0 Å². The van der Waals surface area contributed by atoms with Gasteiger partial charge in [0.25, 0.3) is 0 Å². The molecule has 1 amide bonds. The molecule has 0 atom stereocenters. The number of sulfonamides is 1. The van der Waals surface area contributed by atoms with Crippen LogP contribution in [-0.2, 0) is 14.8 Å². The van der Waals surface area contributed by atoms with Crippen molar-refractivity contribution in [3.05, 3.63) is 29.8 Å². The highest BCUT2D eigenvalue weighted by molar-refractivity contribution is 7.89. The van der Waals surface area contributed by atoms with E-state index in [0.29, 0.717) is 18.9 Å². The Hall–Kier alpha value is -2.05. The van der Waals surface area contributed by atoms with Crippen LogP contribution in [0.4, 0.5) is 8.78 Å². The van der Waals surface area contributed by atoms with Crippen molar-refractivity contribution in [1.29, 1.82) is 5.26 Å². The quantitative estimate of drug-likeness (QED) is 0.798. The Balaban J connectivity index is 1.73. The molecule has 1 aromatic rings. The summed E-state index contributed by atoms with van der Waals surface area (Å²) in [5.41, 5.74) is -1.00. The van der Waals surface area contributed by atoms with Crippen molar-refractivity contribution in [2.24, 2.45) is 5.41 Å². The highest BCUT2D eigenvalue weighted by Crippen LogP contribution is 2.39. The molecule has 2 fully saturated rings. The van der Waals surface area contributed by atoms with Gasteiger partial charge in [-0.25, -0.2) is 17.2 Å². The molecule has 0 bridgehead atoms. The molecule has 0 spiro atoms. The van der Waals surface area contributed by atoms with E-state index in [0.717, 1.165) is 29.3 Å². The first-order valence-electron chi connectivity index (χ1n) is 8.46. The Morgan fingerprint density at radius 1 is 1.12 bits per heavy atom. The third-order valence-corrected chi connectivity index (χ3v) is 7.03. The predicted molar refractivity (Wildman–Crippen MR) is 88.2 cm³/mol. The molecule has 1 saturated carbocycles. The first kappa shape index (κ1) is 18.7. The van der Waals surface area contributed by atoms with E-state index in [-0.39, 0.29) is 32.1 Å². The molecule has 0 N–H and O–H groups in total. The molecule has 1 aromatic carbocycles. The summed E-state index contributed by atoms with van der Waals surface area (Å²) in [5, 5.41) is 9.42. The molecule has 3 rings (SSSR count). The summed E-state index contributed by atoms with van der Waals surface area (Å²) < 4.78 is 53.4. The molecule has 1 heterocycles. The molecular formula is C17H19F2N3O3S. The summed E-state index contributed by atoms with van der Waals surface area (Å²) in [5.74, 6) is -2.11. The van der Waals surface area contributed by atoms with Crippen molar-refractivity contribution in [3.63, 3.8) is 0 Å². The highest BCUT2D eigenvalue weighted by atomic mass is 32.2. The van der Waals surface area contributed by atoms with Gasteiger partial charge in [-0.2, -0.15) is 9.57 Å². The van der Waals surface area contributed by atoms with E-state index in [4.69, 9.17) is 0 Å². The number of benzene rings is 1. The number of hydrogen-bond donors (Lipinski definition) is 0. The molecule has 1 aliphatic carbocycles. The summed E-state index contributed by atoms with van der Waals surface area (Å²) in [6.45, 7) is 0.202. The number of carbonyl (C=O) groups excluding carboxylic acids is 1. The first-order chi connectivity index (χ1) is 12.3. The molecule has 0 unspecified atom stereocenters. The summed E-state index contributed by atoms with van der Waals surface area (Å²) >= 11 is 0. The molecule has 0 radical (unpaired) electrons. The zero-order valence-electron chi connectivity index (χ0n) is 14.1. The number of nitriles is 1. The molecule has 9 heteroatoms. The van der Waals surface area contributed by atoms with E-state index in [2.05, 4.69) is 6.07 Å². The number of carbonyl (C=O) groups is 1. The minimum atomic E-state index is -4.19. The lowest BCUT2D eigenvalue weighted by molar-refractivity contribution is -0.140. The fourth-order valence-electron chi connectivity index (χ4n) is 3.60. The largest absolute Gasteiger partial charge is 0.339 e. The third-order valence-electron chi connectivity index (χ3n) is 5.12. The lowest BCUT2D eigenvalue weighted by Gasteiger charge is -2.37. The molecule has 2 aliphatic rings. The van der Waals surface area contributed by atoms with Crippen molar-refractivity contribution >= 4 is 15.9 Å². The fourth-order valence-corrected chi connectivity index (χ4v) is 5.10. The molecule has 6 nitrogen and oxygen atoms in total. The Labute approximate surface area is 151 Å². The van der Waals surface area contributed by atoms with Crippen LogP contribution in [0.15, 0.2) is 23.1 Å². The SMILES string of the molecule is N#CC1(C(=O)N2CCN(S(=O)(=O)c3cc(F)ccc3F)CC2)CCCC1. The van der Waals surface area contributed by atoms with Crippen LogP contribution in [0.3, 0.4) is 0 Å². The van der Waals surface area contributed by atoms with Gasteiger partial charge in [0.1, 0.15) is 21.9 Å². The predicted octanol–water partition coefficient (Wildman–Crippen LogP) is 1.88. The van der Waals surface area contributed by atoms with Crippen LogP contribution < -0.4 is 0 Å². The van der Waals surface area contributed by atoms with Gasteiger partial charge in [0, 0.05) is 26.2 Å². The van der Waals surface area contributed by atoms with Crippen molar-refractivity contribution in [3.8, 4) is 6.07 Å². The van der Waals surface area contributed by atoms with Gasteiger partial charge in [-0.05, 0) is 31.0 Å². The second kappa shape index (κ2) is 6.93. The van der Waals surface area contributed by atoms with E-state index >= 15 is 0 Å².